The van der Waals surface area contributed by atoms with Crippen molar-refractivity contribution in [2.75, 3.05) is 32.7 Å². The summed E-state index contributed by atoms with van der Waals surface area (Å²) in [6.07, 6.45) is 5.46. The van der Waals surface area contributed by atoms with Crippen LogP contribution < -0.4 is 11.1 Å². The van der Waals surface area contributed by atoms with Gasteiger partial charge in [-0.05, 0) is 38.1 Å². The smallest absolute Gasteiger partial charge is 0.0110 e. The Kier molecular flexibility index (Phi) is 3.79. The molecular formula is C11H23N3. The minimum absolute atomic E-state index is 0.814. The summed E-state index contributed by atoms with van der Waals surface area (Å²) in [5.41, 5.74) is 5.70. The summed E-state index contributed by atoms with van der Waals surface area (Å²) in [4.78, 5) is 2.67. The van der Waals surface area contributed by atoms with E-state index in [0.29, 0.717) is 0 Å². The van der Waals surface area contributed by atoms with E-state index in [2.05, 4.69) is 10.2 Å². The van der Waals surface area contributed by atoms with Crippen molar-refractivity contribution < 1.29 is 0 Å². The minimum atomic E-state index is 0.814. The third-order valence-electron chi connectivity index (χ3n) is 3.82. The topological polar surface area (TPSA) is 41.3 Å². The number of hydrogen-bond donors (Lipinski definition) is 2. The van der Waals surface area contributed by atoms with Gasteiger partial charge in [0.1, 0.15) is 0 Å². The van der Waals surface area contributed by atoms with Crippen molar-refractivity contribution in [3.05, 3.63) is 0 Å². The lowest BCUT2D eigenvalue weighted by atomic mass is 9.85. The van der Waals surface area contributed by atoms with Gasteiger partial charge in [-0.15, -0.1) is 0 Å². The van der Waals surface area contributed by atoms with E-state index >= 15 is 0 Å². The zero-order valence-corrected chi connectivity index (χ0v) is 9.04. The fraction of sp³-hybridized carbons (Fsp3) is 1.00. The van der Waals surface area contributed by atoms with Gasteiger partial charge in [0.05, 0.1) is 0 Å². The van der Waals surface area contributed by atoms with Crippen LogP contribution in [0.5, 0.6) is 0 Å². The van der Waals surface area contributed by atoms with E-state index in [1.807, 2.05) is 0 Å². The van der Waals surface area contributed by atoms with E-state index in [1.54, 1.807) is 0 Å². The Morgan fingerprint density at radius 3 is 2.29 bits per heavy atom. The third kappa shape index (κ3) is 2.47. The highest BCUT2D eigenvalue weighted by Crippen LogP contribution is 2.26. The molecule has 0 unspecified atom stereocenters. The van der Waals surface area contributed by atoms with Crippen LogP contribution in [0.25, 0.3) is 0 Å². The first-order valence-electron chi connectivity index (χ1n) is 6.05. The molecule has 0 aromatic carbocycles. The van der Waals surface area contributed by atoms with Gasteiger partial charge in [0.2, 0.25) is 0 Å². The van der Waals surface area contributed by atoms with Crippen LogP contribution in [-0.2, 0) is 0 Å². The van der Waals surface area contributed by atoms with Gasteiger partial charge in [0, 0.05) is 32.2 Å². The molecule has 1 aliphatic carbocycles. The van der Waals surface area contributed by atoms with Crippen molar-refractivity contribution >= 4 is 0 Å². The van der Waals surface area contributed by atoms with Crippen LogP contribution in [0.15, 0.2) is 0 Å². The van der Waals surface area contributed by atoms with E-state index in [4.69, 9.17) is 5.73 Å². The maximum Gasteiger partial charge on any atom is 0.0110 e. The predicted octanol–water partition coefficient (Wildman–Crippen LogP) is 0.409. The number of rotatable bonds is 2. The summed E-state index contributed by atoms with van der Waals surface area (Å²) < 4.78 is 0. The van der Waals surface area contributed by atoms with E-state index in [-0.39, 0.29) is 0 Å². The van der Waals surface area contributed by atoms with Crippen molar-refractivity contribution in [3.63, 3.8) is 0 Å². The minimum Gasteiger partial charge on any atom is -0.330 e. The molecule has 82 valence electrons. The van der Waals surface area contributed by atoms with Gasteiger partial charge >= 0.3 is 0 Å². The van der Waals surface area contributed by atoms with Crippen LogP contribution in [0.3, 0.4) is 0 Å². The molecule has 2 rings (SSSR count). The van der Waals surface area contributed by atoms with Crippen LogP contribution in [0, 0.1) is 5.92 Å². The van der Waals surface area contributed by atoms with Crippen LogP contribution in [0.2, 0.25) is 0 Å². The maximum absolute atomic E-state index is 5.70. The number of nitrogens with two attached hydrogens (primary N) is 1. The Morgan fingerprint density at radius 1 is 1.07 bits per heavy atom. The quantitative estimate of drug-likeness (QED) is 0.674. The van der Waals surface area contributed by atoms with Gasteiger partial charge in [0.25, 0.3) is 0 Å². The Hall–Kier alpha value is -0.120. The zero-order valence-electron chi connectivity index (χ0n) is 9.04. The number of nitrogens with one attached hydrogen (secondary N) is 1. The second-order valence-corrected chi connectivity index (χ2v) is 4.70. The normalized spacial score (nSPS) is 35.8. The van der Waals surface area contributed by atoms with E-state index < -0.39 is 0 Å². The van der Waals surface area contributed by atoms with Crippen molar-refractivity contribution in [3.8, 4) is 0 Å². The zero-order chi connectivity index (χ0) is 9.80. The maximum atomic E-state index is 5.70. The molecule has 0 bridgehead atoms. The molecule has 3 N–H and O–H groups in total. The molecule has 1 saturated heterocycles. The van der Waals surface area contributed by atoms with E-state index in [1.165, 1.54) is 51.9 Å². The molecular weight excluding hydrogens is 174 g/mol. The Bertz CT molecular complexity index is 158. The van der Waals surface area contributed by atoms with Gasteiger partial charge in [-0.1, -0.05) is 0 Å². The monoisotopic (exact) mass is 197 g/mol. The Morgan fingerprint density at radius 2 is 1.71 bits per heavy atom. The SMILES string of the molecule is NC[C@H]1CC[C@H](N2CCNCC2)CC1. The van der Waals surface area contributed by atoms with Crippen molar-refractivity contribution in [1.29, 1.82) is 0 Å². The molecule has 14 heavy (non-hydrogen) atoms. The molecule has 0 atom stereocenters. The highest BCUT2D eigenvalue weighted by molar-refractivity contribution is 4.82. The molecule has 2 aliphatic rings. The first-order chi connectivity index (χ1) is 6.90. The highest BCUT2D eigenvalue weighted by atomic mass is 15.2. The van der Waals surface area contributed by atoms with E-state index in [0.717, 1.165) is 18.5 Å². The summed E-state index contributed by atoms with van der Waals surface area (Å²) >= 11 is 0. The molecule has 1 saturated carbocycles. The average Bonchev–Trinajstić information content (AvgIpc) is 2.30. The molecule has 1 aliphatic heterocycles. The lowest BCUT2D eigenvalue weighted by Gasteiger charge is -2.38. The summed E-state index contributed by atoms with van der Waals surface area (Å²) in [6, 6.07) is 0.861. The van der Waals surface area contributed by atoms with Gasteiger partial charge in [0.15, 0.2) is 0 Å². The molecule has 2 fully saturated rings. The second kappa shape index (κ2) is 5.10. The summed E-state index contributed by atoms with van der Waals surface area (Å²) in [5, 5.41) is 3.41. The lowest BCUT2D eigenvalue weighted by Crippen LogP contribution is -2.49. The molecule has 3 nitrogen and oxygen atoms in total. The Balaban J connectivity index is 1.76. The predicted molar refractivity (Wildman–Crippen MR) is 59.2 cm³/mol. The van der Waals surface area contributed by atoms with E-state index in [9.17, 15) is 0 Å². The fourth-order valence-electron chi connectivity index (χ4n) is 2.79. The lowest BCUT2D eigenvalue weighted by molar-refractivity contribution is 0.123. The van der Waals surface area contributed by atoms with Crippen molar-refractivity contribution in [1.82, 2.24) is 10.2 Å². The third-order valence-corrected chi connectivity index (χ3v) is 3.82. The molecule has 0 spiro atoms. The highest BCUT2D eigenvalue weighted by Gasteiger charge is 2.25. The largest absolute Gasteiger partial charge is 0.330 e. The molecule has 1 heterocycles. The fourth-order valence-corrected chi connectivity index (χ4v) is 2.79. The van der Waals surface area contributed by atoms with Gasteiger partial charge in [-0.3, -0.25) is 4.90 Å². The van der Waals surface area contributed by atoms with Crippen LogP contribution in [-0.4, -0.2) is 43.7 Å². The molecule has 0 radical (unpaired) electrons. The second-order valence-electron chi connectivity index (χ2n) is 4.70. The average molecular weight is 197 g/mol. The van der Waals surface area contributed by atoms with Crippen molar-refractivity contribution in [2.45, 2.75) is 31.7 Å². The first-order valence-corrected chi connectivity index (χ1v) is 6.05. The Labute approximate surface area is 87.0 Å². The first kappa shape index (κ1) is 10.4. The molecule has 0 amide bonds. The van der Waals surface area contributed by atoms with Crippen molar-refractivity contribution in [2.24, 2.45) is 11.7 Å². The standard InChI is InChI=1S/C11H23N3/c12-9-10-1-3-11(4-2-10)14-7-5-13-6-8-14/h10-11,13H,1-9,12H2/t10-,11-. The molecule has 0 aromatic rings. The molecule has 3 heteroatoms. The van der Waals surface area contributed by atoms with Crippen LogP contribution in [0.1, 0.15) is 25.7 Å². The van der Waals surface area contributed by atoms with Crippen LogP contribution >= 0.6 is 0 Å². The summed E-state index contributed by atoms with van der Waals surface area (Å²) in [5.74, 6) is 0.814. The van der Waals surface area contributed by atoms with Gasteiger partial charge < -0.3 is 11.1 Å². The number of hydrogen-bond acceptors (Lipinski definition) is 3. The van der Waals surface area contributed by atoms with Gasteiger partial charge in [-0.2, -0.15) is 0 Å². The summed E-state index contributed by atoms with van der Waals surface area (Å²) in [6.45, 7) is 5.75. The van der Waals surface area contributed by atoms with Crippen LogP contribution in [0.4, 0.5) is 0 Å². The number of piperazine rings is 1. The van der Waals surface area contributed by atoms with Gasteiger partial charge in [-0.25, -0.2) is 0 Å². The summed E-state index contributed by atoms with van der Waals surface area (Å²) in [7, 11) is 0. The number of nitrogens with zero attached hydrogens (tertiary/aromatic N) is 1. The molecule has 0 aromatic heterocycles.